The van der Waals surface area contributed by atoms with Crippen molar-refractivity contribution in [2.45, 2.75) is 19.8 Å². The lowest BCUT2D eigenvalue weighted by Crippen LogP contribution is -2.25. The quantitative estimate of drug-likeness (QED) is 0.287. The van der Waals surface area contributed by atoms with Gasteiger partial charge in [0.2, 0.25) is 0 Å². The maximum atomic E-state index is 12.7. The van der Waals surface area contributed by atoms with Crippen molar-refractivity contribution in [3.05, 3.63) is 60.2 Å². The van der Waals surface area contributed by atoms with Crippen LogP contribution in [-0.4, -0.2) is 52.1 Å². The maximum Gasteiger partial charge on any atom is 0.252 e. The fourth-order valence-corrected chi connectivity index (χ4v) is 2.93. The van der Waals surface area contributed by atoms with Crippen LogP contribution in [-0.2, 0) is 8.74 Å². The van der Waals surface area contributed by atoms with Gasteiger partial charge in [-0.15, -0.1) is 0 Å². The molecule has 0 saturated carbocycles. The average molecular weight is 477 g/mol. The Morgan fingerprint density at radius 1 is 1.19 bits per heavy atom. The number of amides is 1. The Balaban J connectivity index is 0.000000654. The van der Waals surface area contributed by atoms with E-state index in [-0.39, 0.29) is 12.5 Å². The summed E-state index contributed by atoms with van der Waals surface area (Å²) in [5, 5.41) is 12.6. The van der Waals surface area contributed by atoms with Crippen molar-refractivity contribution < 1.29 is 18.8 Å². The summed E-state index contributed by atoms with van der Waals surface area (Å²) in [5.41, 5.74) is 3.06. The molecule has 1 unspecified atom stereocenters. The molecule has 1 atom stereocenters. The standard InChI is InChI=1S/C22H24N2O3.C2H5ClOS/c1-2-27-17-11-9-16(10-12-17)21-15-19(22(26)23-13-5-6-14-25)18-7-3-4-8-20(18)24-21;1-5(2,3)4/h3-4,7-12,15,25H,2,5-6,13-14H2,1H3,(H,23,26);1H2,2H3. The molecule has 0 bridgehead atoms. The third kappa shape index (κ3) is 8.49. The lowest BCUT2D eigenvalue weighted by atomic mass is 10.0. The number of hydrogen-bond donors (Lipinski definition) is 2. The molecule has 32 heavy (non-hydrogen) atoms. The number of fused-ring (bicyclic) bond motifs is 1. The Hall–Kier alpha value is -2.61. The lowest BCUT2D eigenvalue weighted by molar-refractivity contribution is 0.0953. The number of halogens is 1. The third-order valence-electron chi connectivity index (χ3n) is 4.29. The molecule has 0 aliphatic rings. The van der Waals surface area contributed by atoms with Crippen LogP contribution in [0.5, 0.6) is 5.75 Å². The molecule has 1 heterocycles. The average Bonchev–Trinajstić information content (AvgIpc) is 2.75. The molecule has 0 aliphatic heterocycles. The van der Waals surface area contributed by atoms with Gasteiger partial charge in [0.05, 0.1) is 23.4 Å². The van der Waals surface area contributed by atoms with Crippen molar-refractivity contribution in [1.29, 1.82) is 0 Å². The van der Waals surface area contributed by atoms with E-state index in [4.69, 9.17) is 25.5 Å². The highest BCUT2D eigenvalue weighted by molar-refractivity contribution is 8.20. The van der Waals surface area contributed by atoms with Crippen molar-refractivity contribution in [3.63, 3.8) is 0 Å². The zero-order chi connectivity index (χ0) is 23.6. The minimum Gasteiger partial charge on any atom is -0.494 e. The summed E-state index contributed by atoms with van der Waals surface area (Å²) in [6, 6.07) is 17.2. The number of ether oxygens (including phenoxy) is 1. The van der Waals surface area contributed by atoms with Gasteiger partial charge in [-0.05, 0) is 72.7 Å². The maximum absolute atomic E-state index is 12.7. The molecular formula is C24H29ClN2O4S. The van der Waals surface area contributed by atoms with E-state index in [1.165, 1.54) is 6.26 Å². The van der Waals surface area contributed by atoms with Crippen LogP contribution in [0.25, 0.3) is 22.2 Å². The second-order valence-electron chi connectivity index (χ2n) is 7.12. The van der Waals surface area contributed by atoms with Gasteiger partial charge in [-0.2, -0.15) is 0 Å². The predicted octanol–water partition coefficient (Wildman–Crippen LogP) is 4.29. The first-order valence-electron chi connectivity index (χ1n) is 10.3. The van der Waals surface area contributed by atoms with Gasteiger partial charge in [0.1, 0.15) is 5.75 Å². The highest BCUT2D eigenvalue weighted by Crippen LogP contribution is 2.26. The molecule has 2 N–H and O–H groups in total. The van der Waals surface area contributed by atoms with Gasteiger partial charge < -0.3 is 15.2 Å². The molecular weight excluding hydrogens is 448 g/mol. The van der Waals surface area contributed by atoms with Gasteiger partial charge in [0, 0.05) is 39.1 Å². The fourth-order valence-electron chi connectivity index (χ4n) is 2.93. The monoisotopic (exact) mass is 476 g/mol. The van der Waals surface area contributed by atoms with E-state index in [1.54, 1.807) is 0 Å². The second kappa shape index (κ2) is 12.4. The van der Waals surface area contributed by atoms with Crippen molar-refractivity contribution in [1.82, 2.24) is 10.3 Å². The molecule has 172 valence electrons. The number of aliphatic hydroxyl groups excluding tert-OH is 1. The predicted molar refractivity (Wildman–Crippen MR) is 134 cm³/mol. The summed E-state index contributed by atoms with van der Waals surface area (Å²) in [6.07, 6.45) is 2.79. The van der Waals surface area contributed by atoms with Gasteiger partial charge >= 0.3 is 0 Å². The summed E-state index contributed by atoms with van der Waals surface area (Å²) in [4.78, 5) is 17.4. The van der Waals surface area contributed by atoms with Crippen molar-refractivity contribution in [3.8, 4) is 17.0 Å². The number of carbonyl (C=O) groups excluding carboxylic acids is 1. The SMILES string of the molecule is C=S(C)(=O)Cl.CCOc1ccc(-c2cc(C(=O)NCCCCO)c3ccccc3n2)cc1. The number of aromatic nitrogens is 1. The molecule has 0 aliphatic carbocycles. The Labute approximate surface area is 194 Å². The first-order chi connectivity index (χ1) is 15.2. The number of hydrogen-bond acceptors (Lipinski definition) is 5. The Morgan fingerprint density at radius 3 is 2.47 bits per heavy atom. The molecule has 3 aromatic rings. The molecule has 0 saturated heterocycles. The van der Waals surface area contributed by atoms with Gasteiger partial charge in [-0.25, -0.2) is 4.98 Å². The van der Waals surface area contributed by atoms with E-state index in [0.29, 0.717) is 25.1 Å². The minimum atomic E-state index is -2.19. The van der Waals surface area contributed by atoms with E-state index in [2.05, 4.69) is 11.2 Å². The molecule has 0 fully saturated rings. The topological polar surface area (TPSA) is 88.5 Å². The molecule has 0 radical (unpaired) electrons. The van der Waals surface area contributed by atoms with Crippen LogP contribution >= 0.6 is 10.7 Å². The lowest BCUT2D eigenvalue weighted by Gasteiger charge is -2.11. The summed E-state index contributed by atoms with van der Waals surface area (Å²) < 4.78 is 15.3. The van der Waals surface area contributed by atoms with Crippen LogP contribution < -0.4 is 10.1 Å². The van der Waals surface area contributed by atoms with Crippen molar-refractivity contribution in [2.75, 3.05) is 26.0 Å². The van der Waals surface area contributed by atoms with Crippen LogP contribution in [0.1, 0.15) is 30.1 Å². The molecule has 1 amide bonds. The first-order valence-corrected chi connectivity index (χ1v) is 13.2. The number of nitrogens with zero attached hydrogens (tertiary/aromatic N) is 1. The Kier molecular flexibility index (Phi) is 9.97. The first kappa shape index (κ1) is 25.6. The zero-order valence-electron chi connectivity index (χ0n) is 18.3. The minimum absolute atomic E-state index is 0.126. The number of para-hydroxylation sites is 1. The summed E-state index contributed by atoms with van der Waals surface area (Å²) in [6.45, 7) is 3.24. The zero-order valence-corrected chi connectivity index (χ0v) is 19.9. The molecule has 1 aromatic heterocycles. The number of carbonyl (C=O) groups is 1. The van der Waals surface area contributed by atoms with E-state index >= 15 is 0 Å². The van der Waals surface area contributed by atoms with Crippen LogP contribution in [0.2, 0.25) is 0 Å². The largest absolute Gasteiger partial charge is 0.494 e. The second-order valence-corrected chi connectivity index (χ2v) is 10.9. The molecule has 8 heteroatoms. The van der Waals surface area contributed by atoms with E-state index in [1.807, 2.05) is 61.5 Å². The molecule has 3 rings (SSSR count). The van der Waals surface area contributed by atoms with E-state index in [9.17, 15) is 9.00 Å². The van der Waals surface area contributed by atoms with Crippen LogP contribution in [0.4, 0.5) is 0 Å². The van der Waals surface area contributed by atoms with Gasteiger partial charge in [-0.1, -0.05) is 18.2 Å². The van der Waals surface area contributed by atoms with Crippen LogP contribution in [0.3, 0.4) is 0 Å². The van der Waals surface area contributed by atoms with Crippen LogP contribution in [0.15, 0.2) is 54.6 Å². The number of unbranched alkanes of at least 4 members (excludes halogenated alkanes) is 1. The number of pyridine rings is 1. The Morgan fingerprint density at radius 2 is 1.84 bits per heavy atom. The summed E-state index contributed by atoms with van der Waals surface area (Å²) >= 11 is 0. The van der Waals surface area contributed by atoms with Gasteiger partial charge in [0.15, 0.2) is 0 Å². The Bertz CT molecular complexity index is 1120. The number of rotatable bonds is 8. The van der Waals surface area contributed by atoms with Crippen molar-refractivity contribution >= 4 is 42.1 Å². The van der Waals surface area contributed by atoms with Crippen LogP contribution in [0, 0.1) is 0 Å². The van der Waals surface area contributed by atoms with Crippen molar-refractivity contribution in [2.24, 2.45) is 0 Å². The molecule has 0 spiro atoms. The summed E-state index contributed by atoms with van der Waals surface area (Å²) in [5.74, 6) is 3.75. The van der Waals surface area contributed by atoms with E-state index < -0.39 is 8.74 Å². The van der Waals surface area contributed by atoms with Gasteiger partial charge in [0.25, 0.3) is 5.91 Å². The number of benzene rings is 2. The normalized spacial score (nSPS) is 12.4. The smallest absolute Gasteiger partial charge is 0.252 e. The number of nitrogens with one attached hydrogen (secondary N) is 1. The molecule has 2 aromatic carbocycles. The van der Waals surface area contributed by atoms with E-state index in [0.717, 1.165) is 34.3 Å². The highest BCUT2D eigenvalue weighted by Gasteiger charge is 2.13. The third-order valence-corrected chi connectivity index (χ3v) is 4.29. The number of aliphatic hydroxyl groups is 1. The molecule has 6 nitrogen and oxygen atoms in total. The highest BCUT2D eigenvalue weighted by atomic mass is 35.7. The summed E-state index contributed by atoms with van der Waals surface area (Å²) in [7, 11) is 2.75. The fraction of sp³-hybridized carbons (Fsp3) is 0.292. The van der Waals surface area contributed by atoms with Gasteiger partial charge in [-0.3, -0.25) is 9.00 Å².